The van der Waals surface area contributed by atoms with Crippen LogP contribution in [-0.4, -0.2) is 9.90 Å². The highest BCUT2D eigenvalue weighted by atomic mass is 79.9. The third-order valence-electron chi connectivity index (χ3n) is 2.92. The summed E-state index contributed by atoms with van der Waals surface area (Å²) in [5, 5.41) is 2.88. The predicted molar refractivity (Wildman–Crippen MR) is 75.9 cm³/mol. The van der Waals surface area contributed by atoms with Crippen molar-refractivity contribution < 1.29 is 0 Å². The molecule has 0 atom stereocenters. The number of unbranched alkanes of at least 4 members (excludes halogenated alkanes) is 2. The molecule has 0 bridgehead atoms. The van der Waals surface area contributed by atoms with Gasteiger partial charge in [0.25, 0.3) is 5.56 Å². The van der Waals surface area contributed by atoms with E-state index in [9.17, 15) is 4.79 Å². The Hall–Kier alpha value is -1.09. The minimum absolute atomic E-state index is 0.127. The first-order valence-corrected chi connectivity index (χ1v) is 7.09. The number of aryl methyl sites for hydroxylation is 1. The number of hydrogen-bond acceptors (Lipinski definition) is 1. The van der Waals surface area contributed by atoms with Crippen molar-refractivity contribution in [3.8, 4) is 0 Å². The van der Waals surface area contributed by atoms with Crippen LogP contribution in [-0.2, 0) is 6.54 Å². The van der Waals surface area contributed by atoms with Crippen molar-refractivity contribution in [2.24, 2.45) is 0 Å². The maximum atomic E-state index is 12.1. The lowest BCUT2D eigenvalue weighted by Crippen LogP contribution is -2.19. The number of nitrogens with zero attached hydrogens (tertiary/aromatic N) is 1. The highest BCUT2D eigenvalue weighted by Gasteiger charge is 2.01. The molecule has 0 amide bonds. The number of fused-ring (bicyclic) bond motifs is 1. The molecular weight excluding hydrogens is 278 g/mol. The van der Waals surface area contributed by atoms with E-state index in [-0.39, 0.29) is 5.56 Å². The van der Waals surface area contributed by atoms with Crippen molar-refractivity contribution in [2.75, 3.05) is 5.33 Å². The van der Waals surface area contributed by atoms with Gasteiger partial charge in [0.1, 0.15) is 0 Å². The molecule has 0 fully saturated rings. The zero-order valence-corrected chi connectivity index (χ0v) is 11.3. The third kappa shape index (κ3) is 2.97. The summed E-state index contributed by atoms with van der Waals surface area (Å²) in [6.45, 7) is 0.816. The van der Waals surface area contributed by atoms with E-state index in [0.717, 1.165) is 35.5 Å². The van der Waals surface area contributed by atoms with Crippen LogP contribution >= 0.6 is 15.9 Å². The van der Waals surface area contributed by atoms with Gasteiger partial charge in [0.05, 0.1) is 0 Å². The average Bonchev–Trinajstić information content (AvgIpc) is 2.37. The molecule has 1 heterocycles. The Kier molecular flexibility index (Phi) is 4.37. The van der Waals surface area contributed by atoms with Gasteiger partial charge in [-0.1, -0.05) is 40.5 Å². The van der Waals surface area contributed by atoms with Crippen LogP contribution in [0.3, 0.4) is 0 Å². The normalized spacial score (nSPS) is 10.9. The van der Waals surface area contributed by atoms with Crippen LogP contribution in [0, 0.1) is 0 Å². The van der Waals surface area contributed by atoms with Crippen LogP contribution in [0.1, 0.15) is 19.3 Å². The first-order valence-electron chi connectivity index (χ1n) is 5.97. The minimum Gasteiger partial charge on any atom is -0.315 e. The van der Waals surface area contributed by atoms with Gasteiger partial charge in [-0.3, -0.25) is 4.79 Å². The molecule has 0 aliphatic heterocycles. The summed E-state index contributed by atoms with van der Waals surface area (Å²) in [7, 11) is 0. The van der Waals surface area contributed by atoms with E-state index in [2.05, 4.69) is 15.9 Å². The molecule has 2 rings (SSSR count). The lowest BCUT2D eigenvalue weighted by Gasteiger charge is -2.06. The molecule has 17 heavy (non-hydrogen) atoms. The summed E-state index contributed by atoms with van der Waals surface area (Å²) in [6.07, 6.45) is 5.29. The Morgan fingerprint density at radius 2 is 1.88 bits per heavy atom. The van der Waals surface area contributed by atoms with Crippen molar-refractivity contribution in [2.45, 2.75) is 25.8 Å². The van der Waals surface area contributed by atoms with Crippen LogP contribution in [0.2, 0.25) is 0 Å². The van der Waals surface area contributed by atoms with Gasteiger partial charge < -0.3 is 4.57 Å². The molecule has 0 N–H and O–H groups in total. The van der Waals surface area contributed by atoms with Gasteiger partial charge in [-0.15, -0.1) is 0 Å². The Morgan fingerprint density at radius 3 is 2.71 bits per heavy atom. The van der Waals surface area contributed by atoms with E-state index in [1.165, 1.54) is 6.42 Å². The number of halogens is 1. The Morgan fingerprint density at radius 1 is 1.06 bits per heavy atom. The van der Waals surface area contributed by atoms with E-state index >= 15 is 0 Å². The fourth-order valence-electron chi connectivity index (χ4n) is 1.96. The van der Waals surface area contributed by atoms with Crippen LogP contribution < -0.4 is 5.56 Å². The Balaban J connectivity index is 2.18. The lowest BCUT2D eigenvalue weighted by molar-refractivity contribution is 0.593. The molecule has 1 aromatic heterocycles. The monoisotopic (exact) mass is 293 g/mol. The molecule has 0 radical (unpaired) electrons. The second-order valence-corrected chi connectivity index (χ2v) is 4.94. The second kappa shape index (κ2) is 6.01. The minimum atomic E-state index is 0.127. The summed E-state index contributed by atoms with van der Waals surface area (Å²) >= 11 is 3.41. The van der Waals surface area contributed by atoms with Crippen molar-refractivity contribution in [1.82, 2.24) is 4.57 Å². The smallest absolute Gasteiger partial charge is 0.258 e. The van der Waals surface area contributed by atoms with Gasteiger partial charge in [-0.2, -0.15) is 0 Å². The SMILES string of the molecule is O=c1c2ccccc2ccn1CCCCCBr. The zero-order valence-electron chi connectivity index (χ0n) is 9.73. The first-order chi connectivity index (χ1) is 8.33. The number of alkyl halides is 1. The summed E-state index contributed by atoms with van der Waals surface area (Å²) in [4.78, 5) is 12.1. The third-order valence-corrected chi connectivity index (χ3v) is 3.48. The number of aromatic nitrogens is 1. The van der Waals surface area contributed by atoms with E-state index in [0.29, 0.717) is 0 Å². The van der Waals surface area contributed by atoms with Crippen molar-refractivity contribution in [3.05, 3.63) is 46.9 Å². The van der Waals surface area contributed by atoms with Crippen molar-refractivity contribution in [3.63, 3.8) is 0 Å². The lowest BCUT2D eigenvalue weighted by atomic mass is 10.2. The van der Waals surface area contributed by atoms with Crippen LogP contribution in [0.15, 0.2) is 41.3 Å². The van der Waals surface area contributed by atoms with Crippen LogP contribution in [0.25, 0.3) is 10.8 Å². The van der Waals surface area contributed by atoms with E-state index in [1.807, 2.05) is 41.1 Å². The summed E-state index contributed by atoms with van der Waals surface area (Å²) in [6, 6.07) is 9.76. The molecule has 0 saturated heterocycles. The number of hydrogen-bond donors (Lipinski definition) is 0. The van der Waals surface area contributed by atoms with Gasteiger partial charge >= 0.3 is 0 Å². The molecule has 0 aliphatic rings. The molecule has 0 unspecified atom stereocenters. The van der Waals surface area contributed by atoms with Crippen LogP contribution in [0.4, 0.5) is 0 Å². The average molecular weight is 294 g/mol. The topological polar surface area (TPSA) is 22.0 Å². The number of pyridine rings is 1. The molecule has 0 spiro atoms. The zero-order chi connectivity index (χ0) is 12.1. The quantitative estimate of drug-likeness (QED) is 0.610. The van der Waals surface area contributed by atoms with Crippen LogP contribution in [0.5, 0.6) is 0 Å². The molecule has 0 aliphatic carbocycles. The summed E-state index contributed by atoms with van der Waals surface area (Å²) < 4.78 is 1.82. The van der Waals surface area contributed by atoms with Gasteiger partial charge in [0.15, 0.2) is 0 Å². The van der Waals surface area contributed by atoms with E-state index in [1.54, 1.807) is 0 Å². The largest absolute Gasteiger partial charge is 0.315 e. The highest BCUT2D eigenvalue weighted by molar-refractivity contribution is 9.09. The predicted octanol–water partition coefficient (Wildman–Crippen LogP) is 3.57. The molecule has 2 nitrogen and oxygen atoms in total. The maximum Gasteiger partial charge on any atom is 0.258 e. The first kappa shape index (κ1) is 12.4. The molecule has 1 aromatic carbocycles. The van der Waals surface area contributed by atoms with Gasteiger partial charge in [0.2, 0.25) is 0 Å². The maximum absolute atomic E-state index is 12.1. The van der Waals surface area contributed by atoms with Crippen molar-refractivity contribution >= 4 is 26.7 Å². The highest BCUT2D eigenvalue weighted by Crippen LogP contribution is 2.08. The molecule has 2 aromatic rings. The van der Waals surface area contributed by atoms with Gasteiger partial charge in [-0.25, -0.2) is 0 Å². The van der Waals surface area contributed by atoms with Crippen molar-refractivity contribution in [1.29, 1.82) is 0 Å². The fourth-order valence-corrected chi connectivity index (χ4v) is 2.36. The number of benzene rings is 1. The summed E-state index contributed by atoms with van der Waals surface area (Å²) in [5.41, 5.74) is 0.127. The molecule has 3 heteroatoms. The summed E-state index contributed by atoms with van der Waals surface area (Å²) in [5.74, 6) is 0. The Labute approximate surface area is 109 Å². The van der Waals surface area contributed by atoms with E-state index in [4.69, 9.17) is 0 Å². The fraction of sp³-hybridized carbons (Fsp3) is 0.357. The Bertz CT molecular complexity index is 547. The van der Waals surface area contributed by atoms with Gasteiger partial charge in [-0.05, 0) is 30.4 Å². The van der Waals surface area contributed by atoms with E-state index < -0.39 is 0 Å². The molecule has 90 valence electrons. The second-order valence-electron chi connectivity index (χ2n) is 4.15. The standard InChI is InChI=1S/C14H16BrNO/c15-9-4-1-5-10-16-11-8-12-6-2-3-7-13(12)14(16)17/h2-3,6-8,11H,1,4-5,9-10H2. The van der Waals surface area contributed by atoms with Gasteiger partial charge in [0, 0.05) is 23.5 Å². The molecule has 0 saturated carbocycles. The molecular formula is C14H16BrNO. The number of rotatable bonds is 5.